The molecule has 0 bridgehead atoms. The zero-order valence-corrected chi connectivity index (χ0v) is 14.1. The van der Waals surface area contributed by atoms with Crippen LogP contribution >= 0.6 is 11.3 Å². The van der Waals surface area contributed by atoms with Gasteiger partial charge >= 0.3 is 0 Å². The summed E-state index contributed by atoms with van der Waals surface area (Å²) in [5, 5.41) is 8.97. The molecule has 0 unspecified atom stereocenters. The molecule has 3 heterocycles. The molecule has 1 aliphatic rings. The molecule has 2 aromatic heterocycles. The topological polar surface area (TPSA) is 86.9 Å². The number of anilines is 1. The van der Waals surface area contributed by atoms with Crippen molar-refractivity contribution in [2.45, 2.75) is 19.3 Å². The van der Waals surface area contributed by atoms with Crippen LogP contribution in [0, 0.1) is 0 Å². The number of fused-ring (bicyclic) bond motifs is 3. The lowest BCUT2D eigenvalue weighted by Gasteiger charge is -2.30. The predicted molar refractivity (Wildman–Crippen MR) is 93.7 cm³/mol. The molecule has 6 nitrogen and oxygen atoms in total. The average molecular weight is 340 g/mol. The highest BCUT2D eigenvalue weighted by molar-refractivity contribution is 7.13. The largest absolute Gasteiger partial charge is 0.350 e. The first-order valence-corrected chi connectivity index (χ1v) is 8.49. The second-order valence-corrected chi connectivity index (χ2v) is 7.39. The summed E-state index contributed by atoms with van der Waals surface area (Å²) >= 11 is 1.37. The molecule has 24 heavy (non-hydrogen) atoms. The minimum absolute atomic E-state index is 0.102. The molecule has 0 aliphatic carbocycles. The molecule has 3 N–H and O–H groups in total. The predicted octanol–water partition coefficient (Wildman–Crippen LogP) is 2.90. The Morgan fingerprint density at radius 1 is 1.38 bits per heavy atom. The summed E-state index contributed by atoms with van der Waals surface area (Å²) in [5.74, 6) is -0.311. The molecule has 0 saturated carbocycles. The number of carbonyl (C=O) groups excluding carboxylic acids is 2. The highest BCUT2D eigenvalue weighted by atomic mass is 32.1. The Balaban J connectivity index is 1.81. The van der Waals surface area contributed by atoms with E-state index in [0.717, 1.165) is 16.5 Å². The van der Waals surface area contributed by atoms with Crippen molar-refractivity contribution in [3.8, 4) is 0 Å². The summed E-state index contributed by atoms with van der Waals surface area (Å²) in [4.78, 5) is 31.8. The van der Waals surface area contributed by atoms with Crippen molar-refractivity contribution < 1.29 is 9.59 Å². The summed E-state index contributed by atoms with van der Waals surface area (Å²) in [6, 6.07) is 5.43. The van der Waals surface area contributed by atoms with Crippen molar-refractivity contribution >= 4 is 39.2 Å². The fourth-order valence-corrected chi connectivity index (χ4v) is 3.66. The van der Waals surface area contributed by atoms with Crippen LogP contribution in [0.4, 0.5) is 5.13 Å². The molecular weight excluding hydrogens is 324 g/mol. The minimum atomic E-state index is -0.208. The zero-order chi connectivity index (χ0) is 16.9. The van der Waals surface area contributed by atoms with Gasteiger partial charge in [0.2, 0.25) is 0 Å². The van der Waals surface area contributed by atoms with Gasteiger partial charge in [-0.15, -0.1) is 11.3 Å². The minimum Gasteiger partial charge on any atom is -0.350 e. The van der Waals surface area contributed by atoms with Gasteiger partial charge in [0.15, 0.2) is 5.13 Å². The van der Waals surface area contributed by atoms with Crippen LogP contribution in [0.3, 0.4) is 0 Å². The number of aromatic nitrogens is 2. The maximum Gasteiger partial charge on any atom is 0.268 e. The lowest BCUT2D eigenvalue weighted by atomic mass is 9.80. The van der Waals surface area contributed by atoms with Gasteiger partial charge in [0, 0.05) is 40.0 Å². The van der Waals surface area contributed by atoms with E-state index in [2.05, 4.69) is 34.4 Å². The molecule has 1 aromatic carbocycles. The molecule has 3 aromatic rings. The van der Waals surface area contributed by atoms with Crippen LogP contribution in [0.25, 0.3) is 10.9 Å². The number of H-pyrrole nitrogens is 1. The van der Waals surface area contributed by atoms with E-state index in [1.807, 2.05) is 17.5 Å². The normalized spacial score (nSPS) is 15.8. The summed E-state index contributed by atoms with van der Waals surface area (Å²) < 4.78 is 0. The van der Waals surface area contributed by atoms with Crippen LogP contribution in [-0.2, 0) is 5.41 Å². The Bertz CT molecular complexity index is 957. The fraction of sp³-hybridized carbons (Fsp3) is 0.235. The van der Waals surface area contributed by atoms with Gasteiger partial charge in [0.05, 0.1) is 0 Å². The van der Waals surface area contributed by atoms with Gasteiger partial charge in [-0.2, -0.15) is 0 Å². The lowest BCUT2D eigenvalue weighted by molar-refractivity contribution is 0.0925. The molecule has 7 heteroatoms. The molecule has 0 atom stereocenters. The van der Waals surface area contributed by atoms with E-state index in [0.29, 0.717) is 22.9 Å². The number of aromatic amines is 1. The van der Waals surface area contributed by atoms with Crippen LogP contribution in [0.1, 0.15) is 40.3 Å². The van der Waals surface area contributed by atoms with E-state index in [1.165, 1.54) is 11.3 Å². The van der Waals surface area contributed by atoms with Crippen molar-refractivity contribution in [2.75, 3.05) is 11.9 Å². The first kappa shape index (κ1) is 14.9. The monoisotopic (exact) mass is 340 g/mol. The quantitative estimate of drug-likeness (QED) is 0.670. The van der Waals surface area contributed by atoms with E-state index < -0.39 is 0 Å². The van der Waals surface area contributed by atoms with Crippen molar-refractivity contribution in [3.05, 3.63) is 46.6 Å². The Morgan fingerprint density at radius 3 is 2.96 bits per heavy atom. The van der Waals surface area contributed by atoms with E-state index >= 15 is 0 Å². The summed E-state index contributed by atoms with van der Waals surface area (Å²) in [5.41, 5.74) is 2.74. The molecule has 0 spiro atoms. The number of benzene rings is 1. The number of rotatable bonds is 2. The zero-order valence-electron chi connectivity index (χ0n) is 13.3. The van der Waals surface area contributed by atoms with Crippen LogP contribution in [-0.4, -0.2) is 28.3 Å². The molecule has 0 saturated heterocycles. The van der Waals surface area contributed by atoms with Gasteiger partial charge in [-0.1, -0.05) is 13.8 Å². The molecule has 0 fully saturated rings. The van der Waals surface area contributed by atoms with Crippen LogP contribution < -0.4 is 10.6 Å². The van der Waals surface area contributed by atoms with Gasteiger partial charge in [0.25, 0.3) is 11.8 Å². The third-order valence-electron chi connectivity index (χ3n) is 4.31. The number of nitrogens with one attached hydrogen (secondary N) is 3. The summed E-state index contributed by atoms with van der Waals surface area (Å²) in [6.07, 6.45) is 1.65. The van der Waals surface area contributed by atoms with E-state index in [1.54, 1.807) is 12.3 Å². The highest BCUT2D eigenvalue weighted by Gasteiger charge is 2.35. The van der Waals surface area contributed by atoms with Gasteiger partial charge in [-0.3, -0.25) is 14.9 Å². The van der Waals surface area contributed by atoms with Gasteiger partial charge < -0.3 is 10.3 Å². The van der Waals surface area contributed by atoms with Crippen LogP contribution in [0.2, 0.25) is 0 Å². The van der Waals surface area contributed by atoms with E-state index in [-0.39, 0.29) is 17.2 Å². The Morgan fingerprint density at radius 2 is 2.21 bits per heavy atom. The Labute approximate surface area is 142 Å². The lowest BCUT2D eigenvalue weighted by Crippen LogP contribution is -2.43. The second kappa shape index (κ2) is 5.17. The van der Waals surface area contributed by atoms with Crippen LogP contribution in [0.5, 0.6) is 0 Å². The maximum absolute atomic E-state index is 12.4. The number of hydrogen-bond acceptors (Lipinski definition) is 4. The second-order valence-electron chi connectivity index (χ2n) is 6.49. The Kier molecular flexibility index (Phi) is 3.21. The van der Waals surface area contributed by atoms with Gasteiger partial charge in [-0.05, 0) is 23.8 Å². The molecule has 0 radical (unpaired) electrons. The van der Waals surface area contributed by atoms with Crippen molar-refractivity contribution in [1.82, 2.24) is 15.3 Å². The van der Waals surface area contributed by atoms with Crippen LogP contribution in [0.15, 0.2) is 29.8 Å². The fourth-order valence-electron chi connectivity index (χ4n) is 3.14. The van der Waals surface area contributed by atoms with Gasteiger partial charge in [-0.25, -0.2) is 4.98 Å². The molecule has 2 amide bonds. The number of carbonyl (C=O) groups is 2. The van der Waals surface area contributed by atoms with E-state index in [9.17, 15) is 9.59 Å². The third kappa shape index (κ3) is 2.28. The first-order chi connectivity index (χ1) is 11.5. The molecule has 1 aliphatic heterocycles. The van der Waals surface area contributed by atoms with Crippen molar-refractivity contribution in [3.63, 3.8) is 0 Å². The number of thiazole rings is 1. The van der Waals surface area contributed by atoms with E-state index in [4.69, 9.17) is 0 Å². The van der Waals surface area contributed by atoms with Crippen molar-refractivity contribution in [2.24, 2.45) is 0 Å². The first-order valence-electron chi connectivity index (χ1n) is 7.61. The smallest absolute Gasteiger partial charge is 0.268 e. The highest BCUT2D eigenvalue weighted by Crippen LogP contribution is 2.36. The summed E-state index contributed by atoms with van der Waals surface area (Å²) in [6.45, 7) is 4.74. The molecular formula is C17H16N4O2S. The third-order valence-corrected chi connectivity index (χ3v) is 5.00. The Hall–Kier alpha value is -2.67. The van der Waals surface area contributed by atoms with Crippen molar-refractivity contribution in [1.29, 1.82) is 0 Å². The molecule has 4 rings (SSSR count). The number of hydrogen-bond donors (Lipinski definition) is 3. The standard InChI is InChI=1S/C17H16N4O2S/c1-17(2)8-19-15(23)13-12(17)10-7-9(3-4-11(10)20-13)14(22)21-16-18-5-6-24-16/h3-7,20H,8H2,1-2H3,(H,19,23)(H,18,21,22). The number of nitrogens with zero attached hydrogens (tertiary/aromatic N) is 1. The van der Waals surface area contributed by atoms with Gasteiger partial charge in [0.1, 0.15) is 5.69 Å². The SMILES string of the molecule is CC1(C)CNC(=O)c2[nH]c3ccc(C(=O)Nc4nccs4)cc3c21. The summed E-state index contributed by atoms with van der Waals surface area (Å²) in [7, 11) is 0. The average Bonchev–Trinajstić information content (AvgIpc) is 3.18. The molecule has 122 valence electrons. The number of amides is 2. The maximum atomic E-state index is 12.4.